The first-order valence-electron chi connectivity index (χ1n) is 6.41. The fourth-order valence-corrected chi connectivity index (χ4v) is 1.13. The van der Waals surface area contributed by atoms with Crippen LogP contribution in [0.4, 0.5) is 0 Å². The minimum absolute atomic E-state index is 1.13. The van der Waals surface area contributed by atoms with Crippen LogP contribution >= 0.6 is 0 Å². The van der Waals surface area contributed by atoms with Gasteiger partial charge in [0.25, 0.3) is 0 Å². The maximum Gasteiger partial charge on any atom is -0.0347 e. The van der Waals surface area contributed by atoms with E-state index < -0.39 is 0 Å². The molecule has 0 aliphatic carbocycles. The first-order valence-corrected chi connectivity index (χ1v) is 6.41. The van der Waals surface area contributed by atoms with E-state index in [0.717, 1.165) is 12.8 Å². The Kier molecular flexibility index (Phi) is 18.2. The topological polar surface area (TPSA) is 0 Å². The minimum atomic E-state index is 1.13. The van der Waals surface area contributed by atoms with Gasteiger partial charge in [-0.2, -0.15) is 0 Å². The highest BCUT2D eigenvalue weighted by molar-refractivity contribution is 5.15. The van der Waals surface area contributed by atoms with Crippen molar-refractivity contribution < 1.29 is 0 Å². The van der Waals surface area contributed by atoms with Crippen LogP contribution in [0.15, 0.2) is 61.8 Å². The fourth-order valence-electron chi connectivity index (χ4n) is 1.13. The second kappa shape index (κ2) is 17.1. The molecule has 0 rings (SSSR count). The first kappa shape index (κ1) is 18.1. The van der Waals surface area contributed by atoms with E-state index >= 15 is 0 Å². The van der Waals surface area contributed by atoms with Gasteiger partial charge in [-0.3, -0.25) is 0 Å². The highest BCUT2D eigenvalue weighted by atomic mass is 13.9. The molecule has 0 aromatic rings. The molecule has 0 amide bonds. The van der Waals surface area contributed by atoms with Gasteiger partial charge in [-0.25, -0.2) is 0 Å². The summed E-state index contributed by atoms with van der Waals surface area (Å²) in [6.07, 6.45) is 18.7. The zero-order valence-electron chi connectivity index (χ0n) is 11.6. The second-order valence-corrected chi connectivity index (χ2v) is 3.75. The number of unbranched alkanes of at least 4 members (excludes halogenated alkanes) is 3. The van der Waals surface area contributed by atoms with Crippen molar-refractivity contribution in [2.45, 2.75) is 46.0 Å². The predicted molar refractivity (Wildman–Crippen MR) is 82.2 cm³/mol. The Hall–Kier alpha value is -1.30. The van der Waals surface area contributed by atoms with Gasteiger partial charge in [0, 0.05) is 0 Å². The summed E-state index contributed by atoms with van der Waals surface area (Å²) in [6.45, 7) is 14.0. The Morgan fingerprint density at radius 3 is 2.24 bits per heavy atom. The monoisotopic (exact) mass is 232 g/mol. The van der Waals surface area contributed by atoms with Gasteiger partial charge < -0.3 is 0 Å². The molecule has 17 heavy (non-hydrogen) atoms. The Balaban J connectivity index is 0. The van der Waals surface area contributed by atoms with Crippen molar-refractivity contribution in [3.8, 4) is 0 Å². The van der Waals surface area contributed by atoms with Crippen molar-refractivity contribution in [2.24, 2.45) is 0 Å². The molecule has 0 radical (unpaired) electrons. The molecule has 0 atom stereocenters. The van der Waals surface area contributed by atoms with E-state index in [-0.39, 0.29) is 0 Å². The van der Waals surface area contributed by atoms with Crippen molar-refractivity contribution in [3.05, 3.63) is 61.8 Å². The minimum Gasteiger partial charge on any atom is -0.106 e. The third-order valence-electron chi connectivity index (χ3n) is 2.33. The SMILES string of the molecule is C=C.C=CCCCC/C=C/C=C\C=C(/C)CC. The largest absolute Gasteiger partial charge is 0.106 e. The molecule has 0 aromatic carbocycles. The molecule has 0 nitrogen and oxygen atoms in total. The molecular formula is C17H28. The van der Waals surface area contributed by atoms with Crippen LogP contribution in [0.25, 0.3) is 0 Å². The number of hydrogen-bond donors (Lipinski definition) is 0. The summed E-state index contributed by atoms with van der Waals surface area (Å²) in [5.74, 6) is 0. The van der Waals surface area contributed by atoms with E-state index in [1.807, 2.05) is 6.08 Å². The molecule has 0 aliphatic rings. The second-order valence-electron chi connectivity index (χ2n) is 3.75. The summed E-state index contributed by atoms with van der Waals surface area (Å²) in [5.41, 5.74) is 1.42. The molecule has 0 heterocycles. The maximum absolute atomic E-state index is 3.71. The zero-order valence-corrected chi connectivity index (χ0v) is 11.6. The lowest BCUT2D eigenvalue weighted by Crippen LogP contribution is -1.71. The highest BCUT2D eigenvalue weighted by Crippen LogP contribution is 2.01. The normalized spacial score (nSPS) is 11.5. The lowest BCUT2D eigenvalue weighted by Gasteiger charge is -1.91. The van der Waals surface area contributed by atoms with Crippen LogP contribution in [0.5, 0.6) is 0 Å². The molecule has 0 saturated carbocycles. The van der Waals surface area contributed by atoms with E-state index in [1.54, 1.807) is 0 Å². The zero-order chi connectivity index (χ0) is 13.4. The van der Waals surface area contributed by atoms with E-state index in [9.17, 15) is 0 Å². The lowest BCUT2D eigenvalue weighted by atomic mass is 10.2. The number of allylic oxidation sites excluding steroid dienone is 7. The van der Waals surface area contributed by atoms with Crippen LogP contribution < -0.4 is 0 Å². The summed E-state index contributed by atoms with van der Waals surface area (Å²) in [7, 11) is 0. The third-order valence-corrected chi connectivity index (χ3v) is 2.33. The standard InChI is InChI=1S/C15H24.C2H4/c1-4-6-7-8-9-10-11-12-13-14-15(3)5-2;1-2/h4,10-14H,1,5-9H2,2-3H3;1-2H2/b11-10+,13-12-,15-14+;. The van der Waals surface area contributed by atoms with Gasteiger partial charge >= 0.3 is 0 Å². The van der Waals surface area contributed by atoms with Crippen LogP contribution in [0.3, 0.4) is 0 Å². The molecule has 0 bridgehead atoms. The van der Waals surface area contributed by atoms with Gasteiger partial charge in [0.05, 0.1) is 0 Å². The Labute approximate surface area is 108 Å². The number of hydrogen-bond acceptors (Lipinski definition) is 0. The number of rotatable bonds is 8. The van der Waals surface area contributed by atoms with Crippen molar-refractivity contribution in [2.75, 3.05) is 0 Å². The van der Waals surface area contributed by atoms with Gasteiger partial charge in [0.15, 0.2) is 0 Å². The Morgan fingerprint density at radius 2 is 1.65 bits per heavy atom. The predicted octanol–water partition coefficient (Wildman–Crippen LogP) is 6.00. The summed E-state index contributed by atoms with van der Waals surface area (Å²) in [5, 5.41) is 0. The molecule has 0 aliphatic heterocycles. The van der Waals surface area contributed by atoms with Gasteiger partial charge in [-0.1, -0.05) is 49.0 Å². The van der Waals surface area contributed by atoms with Crippen LogP contribution in [-0.4, -0.2) is 0 Å². The lowest BCUT2D eigenvalue weighted by molar-refractivity contribution is 0.763. The summed E-state index contributed by atoms with van der Waals surface area (Å²) < 4.78 is 0. The van der Waals surface area contributed by atoms with E-state index in [2.05, 4.69) is 64.0 Å². The van der Waals surface area contributed by atoms with E-state index in [1.165, 1.54) is 24.8 Å². The van der Waals surface area contributed by atoms with Gasteiger partial charge in [0.1, 0.15) is 0 Å². The summed E-state index contributed by atoms with van der Waals surface area (Å²) in [6, 6.07) is 0. The van der Waals surface area contributed by atoms with Crippen molar-refractivity contribution in [1.29, 1.82) is 0 Å². The summed E-state index contributed by atoms with van der Waals surface area (Å²) >= 11 is 0. The molecular weight excluding hydrogens is 204 g/mol. The molecule has 96 valence electrons. The first-order chi connectivity index (χ1) is 8.31. The van der Waals surface area contributed by atoms with Gasteiger partial charge in [0.2, 0.25) is 0 Å². The van der Waals surface area contributed by atoms with Crippen LogP contribution in [0.1, 0.15) is 46.0 Å². The summed E-state index contributed by atoms with van der Waals surface area (Å²) in [4.78, 5) is 0. The van der Waals surface area contributed by atoms with Crippen molar-refractivity contribution in [3.63, 3.8) is 0 Å². The van der Waals surface area contributed by atoms with Crippen molar-refractivity contribution in [1.82, 2.24) is 0 Å². The molecule has 0 spiro atoms. The smallest absolute Gasteiger partial charge is 0.0347 e. The molecule has 0 N–H and O–H groups in total. The van der Waals surface area contributed by atoms with E-state index in [4.69, 9.17) is 0 Å². The van der Waals surface area contributed by atoms with Crippen LogP contribution in [0.2, 0.25) is 0 Å². The Bertz CT molecular complexity index is 241. The van der Waals surface area contributed by atoms with Crippen LogP contribution in [0, 0.1) is 0 Å². The van der Waals surface area contributed by atoms with Gasteiger partial charge in [-0.15, -0.1) is 19.7 Å². The molecule has 0 aromatic heterocycles. The third kappa shape index (κ3) is 17.3. The average Bonchev–Trinajstić information content (AvgIpc) is 2.39. The molecule has 0 fully saturated rings. The molecule has 0 unspecified atom stereocenters. The van der Waals surface area contributed by atoms with Crippen molar-refractivity contribution >= 4 is 0 Å². The quantitative estimate of drug-likeness (QED) is 0.273. The average molecular weight is 232 g/mol. The van der Waals surface area contributed by atoms with Gasteiger partial charge in [-0.05, 0) is 39.0 Å². The fraction of sp³-hybridized carbons (Fsp3) is 0.412. The van der Waals surface area contributed by atoms with Crippen LogP contribution in [-0.2, 0) is 0 Å². The molecule has 0 saturated heterocycles. The maximum atomic E-state index is 3.71. The Morgan fingerprint density at radius 1 is 1.00 bits per heavy atom. The highest BCUT2D eigenvalue weighted by Gasteiger charge is 1.81. The van der Waals surface area contributed by atoms with E-state index in [0.29, 0.717) is 0 Å². The molecule has 0 heteroatoms.